The first kappa shape index (κ1) is 11.6. The highest BCUT2D eigenvalue weighted by atomic mass is 16.5. The fourth-order valence-electron chi connectivity index (χ4n) is 7.36. The van der Waals surface area contributed by atoms with E-state index in [0.29, 0.717) is 5.56 Å². The van der Waals surface area contributed by atoms with Crippen LogP contribution in [0.25, 0.3) is 0 Å². The summed E-state index contributed by atoms with van der Waals surface area (Å²) in [5.74, 6) is -7.61. The molecule has 2 bridgehead atoms. The zero-order chi connectivity index (χ0) is 38.1. The van der Waals surface area contributed by atoms with Gasteiger partial charge in [0.1, 0.15) is 5.41 Å². The molecule has 0 amide bonds. The van der Waals surface area contributed by atoms with Crippen LogP contribution in [-0.4, -0.2) is 54.9 Å². The summed E-state index contributed by atoms with van der Waals surface area (Å²) in [7, 11) is 0. The van der Waals surface area contributed by atoms with Crippen LogP contribution in [0.3, 0.4) is 0 Å². The zero-order valence-electron chi connectivity index (χ0n) is 36.1. The molecular weight excluding hydrogens is 426 g/mol. The van der Waals surface area contributed by atoms with E-state index in [0.717, 1.165) is 23.9 Å². The second-order valence-corrected chi connectivity index (χ2v) is 11.3. The summed E-state index contributed by atoms with van der Waals surface area (Å²) in [6, 6.07) is -8.61. The number of likely N-dealkylation sites (tertiary alicyclic amines) is 1. The molecule has 2 saturated carbocycles. The van der Waals surface area contributed by atoms with Crippen molar-refractivity contribution < 1.29 is 36.2 Å². The number of carbonyl (C=O) groups is 1. The van der Waals surface area contributed by atoms with Crippen molar-refractivity contribution in [3.8, 4) is 11.5 Å². The summed E-state index contributed by atoms with van der Waals surface area (Å²) < 4.78 is 146. The molecule has 4 unspecified atom stereocenters. The number of hydrogen-bond acceptors (Lipinski definition) is 4. The molecule has 1 saturated heterocycles. The number of nitrogens with zero attached hydrogens (tertiary/aromatic N) is 1. The Morgan fingerprint density at radius 1 is 1.29 bits per heavy atom. The van der Waals surface area contributed by atoms with E-state index in [1.165, 1.54) is 41.5 Å². The quantitative estimate of drug-likeness (QED) is 0.649. The standard InChI is InChI=1S/C29H41NO4/c1-13-12-18(13)16(4)30-17(5)27(8,9)29-21-20-14(2)15(3)22(32)23(21)34-24(29)19(31)10-11-28(29,33)25(30)26(20,6)7/h13,16-18,24-25,32-33H,10-12H2,1-9H3/p+1/t13?,16?,17?,18?,24-,25+,28+,29-/m0/s1/i10D2,11D2,12D2,13D,16D,17D,18D,24D,25D,33D/hD2. The number of Topliss-reactive ketones (excluding diaryl/α,β-unsaturated/α-hetero) is 1. The molecule has 5 aliphatic rings. The molecule has 0 radical (unpaired) electrons. The topological polar surface area (TPSA) is 72.7 Å². The Morgan fingerprint density at radius 3 is 2.56 bits per heavy atom. The van der Waals surface area contributed by atoms with Crippen molar-refractivity contribution in [1.29, 1.82) is 4.29 Å². The Morgan fingerprint density at radius 2 is 1.97 bits per heavy atom. The van der Waals surface area contributed by atoms with Crippen LogP contribution >= 0.6 is 0 Å². The maximum Gasteiger partial charge on any atom is 0.487 e. The number of piperidine rings is 1. The minimum Gasteiger partial charge on any atom is -0.504 e. The lowest BCUT2D eigenvalue weighted by atomic mass is 9.36. The van der Waals surface area contributed by atoms with Crippen molar-refractivity contribution in [2.75, 3.05) is 0 Å². The Hall–Kier alpha value is -1.59. The average molecular weight is 484 g/mol. The van der Waals surface area contributed by atoms with E-state index < -0.39 is 88.4 Å². The molecule has 2 heterocycles. The maximum absolute atomic E-state index is 14.6. The van der Waals surface area contributed by atoms with Crippen molar-refractivity contribution in [1.82, 2.24) is 4.90 Å². The summed E-state index contributed by atoms with van der Waals surface area (Å²) in [6.07, 6.45) is -13.7. The summed E-state index contributed by atoms with van der Waals surface area (Å²) in [6.45, 7) is 11.8. The van der Waals surface area contributed by atoms with Gasteiger partial charge in [0.2, 0.25) is 0 Å². The summed E-state index contributed by atoms with van der Waals surface area (Å²) in [4.78, 5) is 15.3. The smallest absolute Gasteiger partial charge is 0.487 e. The minimum atomic E-state index is -3.83. The second-order valence-electron chi connectivity index (χ2n) is 11.3. The van der Waals surface area contributed by atoms with Gasteiger partial charge in [-0.3, -0.25) is 9.69 Å². The molecule has 3 fully saturated rings. The number of ether oxygens (including phenoxy) is 1. The number of aromatic hydroxyl groups is 1. The van der Waals surface area contributed by atoms with Gasteiger partial charge < -0.3 is 15.0 Å². The van der Waals surface area contributed by atoms with Gasteiger partial charge in [-0.05, 0) is 62.5 Å². The Bertz CT molecular complexity index is 1740. The lowest BCUT2D eigenvalue weighted by Crippen LogP contribution is -2.87. The fraction of sp³-hybridized carbons (Fsp3) is 0.759. The largest absolute Gasteiger partial charge is 0.504 e. The SMILES string of the molecule is [2H]Oc1c(C)c(C)c2c3c1O[C@@]1([2H])C(=O)C([2H])([2H])C([2H])([2H])[C@]4([O+]([2H])[2H])[C@@]31C(C)(C)C([2H])(C)N(C([2H])(C)C1([2H])C([2H])([2H])C1([2H])C)[C@]4([2H])C2(C)C. The highest BCUT2D eigenvalue weighted by Gasteiger charge is 2.86. The van der Waals surface area contributed by atoms with Gasteiger partial charge in [0, 0.05) is 54.9 Å². The van der Waals surface area contributed by atoms with Crippen LogP contribution in [0.2, 0.25) is 0 Å². The maximum atomic E-state index is 14.6. The lowest BCUT2D eigenvalue weighted by Gasteiger charge is -2.72. The van der Waals surface area contributed by atoms with Crippen LogP contribution < -0.4 is 4.74 Å². The Kier molecular flexibility index (Phi) is 2.13. The number of carbonyl (C=O) groups excluding carboxylic acids is 1. The molecule has 5 nitrogen and oxygen atoms in total. The first-order valence-electron chi connectivity index (χ1n) is 18.9. The summed E-state index contributed by atoms with van der Waals surface area (Å²) in [5.41, 5.74) is -10.2. The molecule has 0 aromatic heterocycles. The third kappa shape index (κ3) is 2.08. The fourth-order valence-corrected chi connectivity index (χ4v) is 7.36. The first-order chi connectivity index (χ1) is 21.6. The van der Waals surface area contributed by atoms with Crippen molar-refractivity contribution in [2.24, 2.45) is 17.2 Å². The normalized spacial score (nSPS) is 66.4. The van der Waals surface area contributed by atoms with E-state index in [1.807, 2.05) is 0 Å². The van der Waals surface area contributed by atoms with Crippen LogP contribution in [0.15, 0.2) is 0 Å². The van der Waals surface area contributed by atoms with Crippen molar-refractivity contribution in [2.45, 2.75) is 122 Å². The van der Waals surface area contributed by atoms with Crippen molar-refractivity contribution >= 4 is 5.78 Å². The zero-order valence-corrected chi connectivity index (χ0v) is 21.1. The molecule has 1 aromatic rings. The summed E-state index contributed by atoms with van der Waals surface area (Å²) >= 11 is 0. The van der Waals surface area contributed by atoms with E-state index in [-0.39, 0.29) is 22.4 Å². The van der Waals surface area contributed by atoms with Gasteiger partial charge in [-0.2, -0.15) is 0 Å². The Balaban J connectivity index is 2.02. The first-order valence-corrected chi connectivity index (χ1v) is 11.7. The molecule has 3 aliphatic carbocycles. The van der Waals surface area contributed by atoms with Crippen LogP contribution in [0.5, 0.6) is 11.5 Å². The second kappa shape index (κ2) is 6.21. The third-order valence-electron chi connectivity index (χ3n) is 9.24. The van der Waals surface area contributed by atoms with Crippen molar-refractivity contribution in [3.05, 3.63) is 22.3 Å². The average Bonchev–Trinajstić information content (AvgIpc) is 3.12. The number of benzene rings is 1. The number of hydrogen-bond donors (Lipinski definition) is 1. The molecule has 6 rings (SSSR count). The van der Waals surface area contributed by atoms with Gasteiger partial charge >= 0.3 is 2.86 Å². The molecule has 5 heteroatoms. The van der Waals surface area contributed by atoms with E-state index in [1.54, 1.807) is 6.92 Å². The predicted molar refractivity (Wildman–Crippen MR) is 133 cm³/mol. The number of phenolic OH excluding ortho intramolecular Hbond substituents is 1. The predicted octanol–water partition coefficient (Wildman–Crippen LogP) is 4.27. The monoisotopic (exact) mass is 483 g/mol. The van der Waals surface area contributed by atoms with E-state index in [4.69, 9.17) is 21.0 Å². The highest BCUT2D eigenvalue weighted by molar-refractivity contribution is 5.91. The molecule has 2 aliphatic heterocycles. The van der Waals surface area contributed by atoms with Gasteiger partial charge in [0.05, 0.1) is 8.76 Å². The Labute approximate surface area is 225 Å². The van der Waals surface area contributed by atoms with E-state index in [9.17, 15) is 14.4 Å². The van der Waals surface area contributed by atoms with Crippen LogP contribution in [0.4, 0.5) is 0 Å². The summed E-state index contributed by atoms with van der Waals surface area (Å²) in [5, 5.41) is 5.95. The van der Waals surface area contributed by atoms with Gasteiger partial charge in [-0.25, -0.2) is 0 Å². The number of ketones is 1. The van der Waals surface area contributed by atoms with E-state index >= 15 is 0 Å². The van der Waals surface area contributed by atoms with Crippen molar-refractivity contribution in [3.63, 3.8) is 0 Å². The minimum absolute atomic E-state index is 0.116. The lowest BCUT2D eigenvalue weighted by molar-refractivity contribution is -0.264. The van der Waals surface area contributed by atoms with Crippen LogP contribution in [0.1, 0.15) is 106 Å². The van der Waals surface area contributed by atoms with Gasteiger partial charge in [-0.1, -0.05) is 34.6 Å². The highest BCUT2D eigenvalue weighted by Crippen LogP contribution is 2.75. The number of rotatable bonds is 4. The van der Waals surface area contributed by atoms with Gasteiger partial charge in [-0.15, -0.1) is 0 Å². The molecule has 3 N–H and O–H groups in total. The van der Waals surface area contributed by atoms with Gasteiger partial charge in [0.25, 0.3) is 1.43 Å². The molecule has 1 spiro atoms. The molecule has 8 atom stereocenters. The van der Waals surface area contributed by atoms with Crippen LogP contribution in [0, 0.1) is 31.1 Å². The van der Waals surface area contributed by atoms with E-state index in [2.05, 4.69) is 0 Å². The van der Waals surface area contributed by atoms with Gasteiger partial charge in [0.15, 0.2) is 29.0 Å². The molecule has 186 valence electrons. The molecular formula is C29H42NO4+. The third-order valence-corrected chi connectivity index (χ3v) is 9.24. The van der Waals surface area contributed by atoms with Crippen LogP contribution in [-0.2, 0) is 15.6 Å². The molecule has 34 heavy (non-hydrogen) atoms. The number of phenols is 1. The molecule has 1 aromatic carbocycles.